The lowest BCUT2D eigenvalue weighted by atomic mass is 9.71. The van der Waals surface area contributed by atoms with Crippen molar-refractivity contribution in [2.45, 2.75) is 33.1 Å². The molecule has 0 amide bonds. The number of carbonyl (C=O) groups excluding carboxylic acids is 3. The van der Waals surface area contributed by atoms with Gasteiger partial charge in [0.05, 0.1) is 13.0 Å². The first-order valence-corrected chi connectivity index (χ1v) is 5.67. The number of methoxy groups -OCH3 is 1. The molecule has 0 aromatic carbocycles. The van der Waals surface area contributed by atoms with Gasteiger partial charge in [-0.05, 0) is 12.3 Å². The molecule has 0 spiro atoms. The topological polar surface area (TPSA) is 60.4 Å². The molecular formula is C12H18O4. The molecule has 0 saturated heterocycles. The fourth-order valence-electron chi connectivity index (χ4n) is 2.30. The zero-order chi connectivity index (χ0) is 12.3. The van der Waals surface area contributed by atoms with Gasteiger partial charge in [-0.3, -0.25) is 14.4 Å². The Bertz CT molecular complexity index is 306. The van der Waals surface area contributed by atoms with E-state index in [0.717, 1.165) is 6.42 Å². The minimum absolute atomic E-state index is 0.0282. The van der Waals surface area contributed by atoms with Crippen molar-refractivity contribution in [2.24, 2.45) is 17.8 Å². The molecule has 3 atom stereocenters. The molecule has 4 nitrogen and oxygen atoms in total. The highest BCUT2D eigenvalue weighted by atomic mass is 16.5. The SMILES string of the molecule is CCCC1C(=O)CC(C)C(C(=O)OC)C1=O. The molecule has 0 bridgehead atoms. The highest BCUT2D eigenvalue weighted by molar-refractivity contribution is 6.12. The van der Waals surface area contributed by atoms with Gasteiger partial charge in [-0.2, -0.15) is 0 Å². The maximum absolute atomic E-state index is 12.0. The average molecular weight is 226 g/mol. The number of carbonyl (C=O) groups is 3. The predicted octanol–water partition coefficient (Wildman–Crippen LogP) is 1.37. The predicted molar refractivity (Wildman–Crippen MR) is 57.7 cm³/mol. The van der Waals surface area contributed by atoms with Gasteiger partial charge in [0.1, 0.15) is 11.7 Å². The monoisotopic (exact) mass is 226 g/mol. The number of ether oxygens (including phenoxy) is 1. The van der Waals surface area contributed by atoms with E-state index in [-0.39, 0.29) is 17.5 Å². The minimum Gasteiger partial charge on any atom is -0.468 e. The Kier molecular flexibility index (Phi) is 4.21. The van der Waals surface area contributed by atoms with Gasteiger partial charge < -0.3 is 4.74 Å². The third kappa shape index (κ3) is 2.31. The van der Waals surface area contributed by atoms with Crippen LogP contribution in [0.3, 0.4) is 0 Å². The maximum atomic E-state index is 12.0. The molecule has 1 fully saturated rings. The molecule has 0 aromatic rings. The summed E-state index contributed by atoms with van der Waals surface area (Å²) >= 11 is 0. The number of hydrogen-bond donors (Lipinski definition) is 0. The minimum atomic E-state index is -0.751. The summed E-state index contributed by atoms with van der Waals surface area (Å²) in [4.78, 5) is 35.2. The molecule has 0 aromatic heterocycles. The highest BCUT2D eigenvalue weighted by Gasteiger charge is 2.44. The van der Waals surface area contributed by atoms with Crippen molar-refractivity contribution in [3.8, 4) is 0 Å². The summed E-state index contributed by atoms with van der Waals surface area (Å²) in [6.07, 6.45) is 1.61. The van der Waals surface area contributed by atoms with Crippen LogP contribution in [0.25, 0.3) is 0 Å². The van der Waals surface area contributed by atoms with Crippen LogP contribution in [-0.4, -0.2) is 24.6 Å². The van der Waals surface area contributed by atoms with Crippen LogP contribution in [0.5, 0.6) is 0 Å². The second kappa shape index (κ2) is 5.23. The summed E-state index contributed by atoms with van der Waals surface area (Å²) in [6, 6.07) is 0. The van der Waals surface area contributed by atoms with Crippen molar-refractivity contribution in [3.63, 3.8) is 0 Å². The quantitative estimate of drug-likeness (QED) is 0.538. The summed E-state index contributed by atoms with van der Waals surface area (Å²) in [5.41, 5.74) is 0. The van der Waals surface area contributed by atoms with Gasteiger partial charge in [0.15, 0.2) is 5.78 Å². The molecule has 1 aliphatic rings. The summed E-state index contributed by atoms with van der Waals surface area (Å²) in [5, 5.41) is 0. The van der Waals surface area contributed by atoms with Crippen LogP contribution in [-0.2, 0) is 19.1 Å². The van der Waals surface area contributed by atoms with Crippen molar-refractivity contribution in [1.29, 1.82) is 0 Å². The molecule has 0 heterocycles. The lowest BCUT2D eigenvalue weighted by molar-refractivity contribution is -0.156. The first-order valence-electron chi connectivity index (χ1n) is 5.67. The number of esters is 1. The third-order valence-corrected chi connectivity index (χ3v) is 3.16. The molecule has 1 aliphatic carbocycles. The standard InChI is InChI=1S/C12H18O4/c1-4-5-8-9(13)6-7(2)10(11(8)14)12(15)16-3/h7-8,10H,4-6H2,1-3H3. The lowest BCUT2D eigenvalue weighted by Crippen LogP contribution is -2.44. The third-order valence-electron chi connectivity index (χ3n) is 3.16. The van der Waals surface area contributed by atoms with Gasteiger partial charge in [0.2, 0.25) is 0 Å². The molecule has 0 N–H and O–H groups in total. The van der Waals surface area contributed by atoms with Crippen LogP contribution in [0.2, 0.25) is 0 Å². The number of Topliss-reactive ketones (excluding diaryl/α,β-unsaturated/α-hetero) is 2. The van der Waals surface area contributed by atoms with E-state index >= 15 is 0 Å². The van der Waals surface area contributed by atoms with E-state index in [1.165, 1.54) is 7.11 Å². The van der Waals surface area contributed by atoms with E-state index in [1.54, 1.807) is 6.92 Å². The zero-order valence-electron chi connectivity index (χ0n) is 9.99. The van der Waals surface area contributed by atoms with Crippen LogP contribution < -0.4 is 0 Å². The van der Waals surface area contributed by atoms with Crippen molar-refractivity contribution >= 4 is 17.5 Å². The average Bonchev–Trinajstić information content (AvgIpc) is 2.23. The van der Waals surface area contributed by atoms with Gasteiger partial charge in [-0.1, -0.05) is 20.3 Å². The fourth-order valence-corrected chi connectivity index (χ4v) is 2.30. The van der Waals surface area contributed by atoms with E-state index in [4.69, 9.17) is 0 Å². The van der Waals surface area contributed by atoms with E-state index in [0.29, 0.717) is 12.8 Å². The summed E-state index contributed by atoms with van der Waals surface area (Å²) < 4.78 is 4.62. The first-order chi connectivity index (χ1) is 7.52. The van der Waals surface area contributed by atoms with Crippen LogP contribution in [0.4, 0.5) is 0 Å². The Labute approximate surface area is 95.3 Å². The Morgan fingerprint density at radius 1 is 1.44 bits per heavy atom. The molecule has 16 heavy (non-hydrogen) atoms. The number of hydrogen-bond acceptors (Lipinski definition) is 4. The molecule has 3 unspecified atom stereocenters. The molecule has 4 heteroatoms. The van der Waals surface area contributed by atoms with Crippen molar-refractivity contribution in [2.75, 3.05) is 7.11 Å². The second-order valence-electron chi connectivity index (χ2n) is 4.39. The Morgan fingerprint density at radius 3 is 2.56 bits per heavy atom. The van der Waals surface area contributed by atoms with Gasteiger partial charge in [-0.15, -0.1) is 0 Å². The smallest absolute Gasteiger partial charge is 0.316 e. The summed E-state index contributed by atoms with van der Waals surface area (Å²) in [6.45, 7) is 3.67. The van der Waals surface area contributed by atoms with Crippen LogP contribution >= 0.6 is 0 Å². The van der Waals surface area contributed by atoms with Crippen LogP contribution in [0.1, 0.15) is 33.1 Å². The van der Waals surface area contributed by atoms with Crippen molar-refractivity contribution in [1.82, 2.24) is 0 Å². The second-order valence-corrected chi connectivity index (χ2v) is 4.39. The molecule has 1 saturated carbocycles. The Hall–Kier alpha value is -1.19. The van der Waals surface area contributed by atoms with Gasteiger partial charge >= 0.3 is 5.97 Å². The zero-order valence-corrected chi connectivity index (χ0v) is 9.99. The Balaban J connectivity index is 2.89. The fraction of sp³-hybridized carbons (Fsp3) is 0.750. The van der Waals surface area contributed by atoms with Gasteiger partial charge in [0, 0.05) is 6.42 Å². The lowest BCUT2D eigenvalue weighted by Gasteiger charge is -2.29. The molecule has 90 valence electrons. The largest absolute Gasteiger partial charge is 0.468 e. The highest BCUT2D eigenvalue weighted by Crippen LogP contribution is 2.31. The Morgan fingerprint density at radius 2 is 2.06 bits per heavy atom. The van der Waals surface area contributed by atoms with Crippen molar-refractivity contribution < 1.29 is 19.1 Å². The summed E-state index contributed by atoms with van der Waals surface area (Å²) in [5.74, 6) is -2.37. The van der Waals surface area contributed by atoms with Gasteiger partial charge in [-0.25, -0.2) is 0 Å². The number of rotatable bonds is 3. The first kappa shape index (κ1) is 12.9. The van der Waals surface area contributed by atoms with E-state index in [2.05, 4.69) is 4.74 Å². The summed E-state index contributed by atoms with van der Waals surface area (Å²) in [7, 11) is 1.27. The van der Waals surface area contributed by atoms with Crippen LogP contribution in [0, 0.1) is 17.8 Å². The normalized spacial score (nSPS) is 30.3. The van der Waals surface area contributed by atoms with E-state index in [1.807, 2.05) is 6.92 Å². The van der Waals surface area contributed by atoms with Crippen LogP contribution in [0.15, 0.2) is 0 Å². The van der Waals surface area contributed by atoms with E-state index in [9.17, 15) is 14.4 Å². The number of ketones is 2. The molecule has 1 rings (SSSR count). The molecule has 0 aliphatic heterocycles. The van der Waals surface area contributed by atoms with E-state index < -0.39 is 17.8 Å². The van der Waals surface area contributed by atoms with Gasteiger partial charge in [0.25, 0.3) is 0 Å². The molecular weight excluding hydrogens is 208 g/mol. The van der Waals surface area contributed by atoms with Crippen molar-refractivity contribution in [3.05, 3.63) is 0 Å². The maximum Gasteiger partial charge on any atom is 0.316 e. The molecule has 0 radical (unpaired) electrons.